The van der Waals surface area contributed by atoms with Gasteiger partial charge in [0.15, 0.2) is 11.0 Å². The Morgan fingerprint density at radius 3 is 2.96 bits per heavy atom. The summed E-state index contributed by atoms with van der Waals surface area (Å²) in [5.74, 6) is 1.52. The molecule has 0 unspecified atom stereocenters. The van der Waals surface area contributed by atoms with E-state index in [1.165, 1.54) is 15.9 Å². The van der Waals surface area contributed by atoms with E-state index in [9.17, 15) is 4.79 Å². The van der Waals surface area contributed by atoms with Crippen LogP contribution in [0.1, 0.15) is 36.5 Å². The van der Waals surface area contributed by atoms with Crippen molar-refractivity contribution in [1.29, 1.82) is 0 Å². The molecule has 7 nitrogen and oxygen atoms in total. The number of hydrogen-bond donors (Lipinski definition) is 0. The third-order valence-corrected chi connectivity index (χ3v) is 7.20. The van der Waals surface area contributed by atoms with Crippen LogP contribution >= 0.6 is 34.4 Å². The quantitative estimate of drug-likeness (QED) is 0.446. The number of nitrogens with zero attached hydrogens (tertiary/aromatic N) is 6. The van der Waals surface area contributed by atoms with Gasteiger partial charge in [0, 0.05) is 17.9 Å². The number of hydrogen-bond acceptors (Lipinski definition) is 8. The normalized spacial score (nSPS) is 14.3. The van der Waals surface area contributed by atoms with Gasteiger partial charge in [-0.25, -0.2) is 4.98 Å². The Hall–Kier alpha value is -2.04. The van der Waals surface area contributed by atoms with Crippen LogP contribution in [0.4, 0.5) is 0 Å². The molecule has 0 saturated heterocycles. The van der Waals surface area contributed by atoms with Crippen molar-refractivity contribution in [3.63, 3.8) is 0 Å². The highest BCUT2D eigenvalue weighted by Crippen LogP contribution is 2.42. The summed E-state index contributed by atoms with van der Waals surface area (Å²) in [5, 5.41) is 17.0. The van der Waals surface area contributed by atoms with Crippen molar-refractivity contribution in [1.82, 2.24) is 29.4 Å². The first-order chi connectivity index (χ1) is 13.2. The third-order valence-electron chi connectivity index (χ3n) is 4.31. The molecule has 1 fully saturated rings. The first-order valence-corrected chi connectivity index (χ1v) is 11.4. The zero-order valence-corrected chi connectivity index (χ0v) is 17.0. The number of thioether (sulfide) groups is 1. The van der Waals surface area contributed by atoms with E-state index in [4.69, 9.17) is 0 Å². The molecule has 0 atom stereocenters. The molecule has 0 spiro atoms. The van der Waals surface area contributed by atoms with E-state index in [1.54, 1.807) is 29.2 Å². The van der Waals surface area contributed by atoms with Crippen molar-refractivity contribution >= 4 is 39.4 Å². The molecular formula is C17H16N6OS3. The lowest BCUT2D eigenvalue weighted by molar-refractivity contribution is 0.670. The predicted octanol–water partition coefficient (Wildman–Crippen LogP) is 3.66. The minimum absolute atomic E-state index is 0.130. The largest absolute Gasteiger partial charge is 0.298 e. The zero-order chi connectivity index (χ0) is 18.4. The van der Waals surface area contributed by atoms with Crippen LogP contribution in [0.5, 0.6) is 0 Å². The maximum Gasteiger partial charge on any atom is 0.275 e. The van der Waals surface area contributed by atoms with Crippen LogP contribution in [0.2, 0.25) is 0 Å². The molecule has 4 aromatic rings. The molecule has 4 aromatic heterocycles. The van der Waals surface area contributed by atoms with Crippen LogP contribution in [0.15, 0.2) is 33.5 Å². The Morgan fingerprint density at radius 1 is 1.33 bits per heavy atom. The number of aromatic nitrogens is 6. The van der Waals surface area contributed by atoms with Crippen LogP contribution in [0.3, 0.4) is 0 Å². The Bertz CT molecular complexity index is 1160. The molecule has 1 aliphatic carbocycles. The van der Waals surface area contributed by atoms with E-state index in [-0.39, 0.29) is 5.56 Å². The van der Waals surface area contributed by atoms with Crippen LogP contribution in [0, 0.1) is 0 Å². The van der Waals surface area contributed by atoms with Gasteiger partial charge in [-0.2, -0.15) is 9.61 Å². The molecule has 27 heavy (non-hydrogen) atoms. The second-order valence-electron chi connectivity index (χ2n) is 6.30. The van der Waals surface area contributed by atoms with Crippen molar-refractivity contribution in [3.8, 4) is 10.7 Å². The van der Waals surface area contributed by atoms with Crippen LogP contribution in [-0.2, 0) is 12.2 Å². The lowest BCUT2D eigenvalue weighted by Crippen LogP contribution is -2.15. The van der Waals surface area contributed by atoms with Crippen LogP contribution < -0.4 is 5.56 Å². The molecule has 0 aromatic carbocycles. The topological polar surface area (TPSA) is 78.0 Å². The fourth-order valence-electron chi connectivity index (χ4n) is 2.86. The summed E-state index contributed by atoms with van der Waals surface area (Å²) in [6.07, 6.45) is 3.12. The highest BCUT2D eigenvalue weighted by molar-refractivity contribution is 7.98. The molecule has 0 N–H and O–H groups in total. The van der Waals surface area contributed by atoms with E-state index in [0.29, 0.717) is 16.8 Å². The van der Waals surface area contributed by atoms with Crippen LogP contribution in [-0.4, -0.2) is 29.4 Å². The molecule has 1 aliphatic rings. The van der Waals surface area contributed by atoms with Crippen molar-refractivity contribution < 1.29 is 0 Å². The van der Waals surface area contributed by atoms with Crippen molar-refractivity contribution in [3.05, 3.63) is 44.6 Å². The van der Waals surface area contributed by atoms with Gasteiger partial charge < -0.3 is 0 Å². The molecule has 1 saturated carbocycles. The van der Waals surface area contributed by atoms with Crippen molar-refractivity contribution in [2.24, 2.45) is 0 Å². The first-order valence-electron chi connectivity index (χ1n) is 8.73. The fourth-order valence-corrected chi connectivity index (χ4v) is 5.32. The second-order valence-corrected chi connectivity index (χ2v) is 9.23. The SMILES string of the molecule is CCc1nn2c(=O)cc(CSc3nnc(-c4cccs4)n3C3CC3)nc2s1. The average Bonchev–Trinajstić information content (AvgIpc) is 3.10. The number of aryl methyl sites for hydroxylation is 1. The summed E-state index contributed by atoms with van der Waals surface area (Å²) in [6, 6.07) is 6.16. The highest BCUT2D eigenvalue weighted by atomic mass is 32.2. The number of thiophene rings is 1. The molecule has 4 heterocycles. The third kappa shape index (κ3) is 3.21. The van der Waals surface area contributed by atoms with Crippen molar-refractivity contribution in [2.75, 3.05) is 0 Å². The summed E-state index contributed by atoms with van der Waals surface area (Å²) in [5.41, 5.74) is 0.619. The van der Waals surface area contributed by atoms with E-state index in [1.807, 2.05) is 13.0 Å². The molecule has 0 radical (unpaired) electrons. The molecule has 0 amide bonds. The summed E-state index contributed by atoms with van der Waals surface area (Å²) < 4.78 is 3.63. The monoisotopic (exact) mass is 416 g/mol. The maximum absolute atomic E-state index is 12.3. The molecule has 0 aliphatic heterocycles. The van der Waals surface area contributed by atoms with E-state index < -0.39 is 0 Å². The van der Waals surface area contributed by atoms with E-state index in [2.05, 4.69) is 36.3 Å². The van der Waals surface area contributed by atoms with Gasteiger partial charge >= 0.3 is 0 Å². The van der Waals surface area contributed by atoms with E-state index >= 15 is 0 Å². The number of rotatable bonds is 6. The fraction of sp³-hybridized carbons (Fsp3) is 0.353. The lowest BCUT2D eigenvalue weighted by Gasteiger charge is -2.07. The Morgan fingerprint density at radius 2 is 2.22 bits per heavy atom. The summed E-state index contributed by atoms with van der Waals surface area (Å²) in [6.45, 7) is 2.02. The Labute approximate surface area is 167 Å². The van der Waals surface area contributed by atoms with Gasteiger partial charge in [0.1, 0.15) is 5.01 Å². The summed E-state index contributed by atoms with van der Waals surface area (Å²) in [4.78, 5) is 18.7. The van der Waals surface area contributed by atoms with E-state index in [0.717, 1.165) is 45.8 Å². The van der Waals surface area contributed by atoms with Crippen LogP contribution in [0.25, 0.3) is 15.7 Å². The van der Waals surface area contributed by atoms with Gasteiger partial charge in [0.25, 0.3) is 5.56 Å². The molecular weight excluding hydrogens is 400 g/mol. The minimum atomic E-state index is -0.130. The van der Waals surface area contributed by atoms with Gasteiger partial charge in [0.05, 0.1) is 10.6 Å². The molecule has 0 bridgehead atoms. The average molecular weight is 417 g/mol. The summed E-state index contributed by atoms with van der Waals surface area (Å²) in [7, 11) is 0. The molecule has 10 heteroatoms. The van der Waals surface area contributed by atoms with Gasteiger partial charge in [0.2, 0.25) is 4.96 Å². The van der Waals surface area contributed by atoms with Gasteiger partial charge in [-0.3, -0.25) is 9.36 Å². The Kier molecular flexibility index (Phi) is 4.33. The standard InChI is InChI=1S/C17H16N6OS3/c1-2-13-21-23-14(24)8-10(18-16(23)27-13)9-26-17-20-19-15(12-4-3-7-25-12)22(17)11-5-6-11/h3-4,7-8,11H,2,5-6,9H2,1H3. The highest BCUT2D eigenvalue weighted by Gasteiger charge is 2.30. The molecule has 138 valence electrons. The maximum atomic E-state index is 12.3. The number of fused-ring (bicyclic) bond motifs is 1. The predicted molar refractivity (Wildman–Crippen MR) is 108 cm³/mol. The second kappa shape index (κ2) is 6.84. The lowest BCUT2D eigenvalue weighted by atomic mass is 10.4. The minimum Gasteiger partial charge on any atom is -0.298 e. The first kappa shape index (κ1) is 17.1. The van der Waals surface area contributed by atoms with Crippen molar-refractivity contribution in [2.45, 2.75) is 43.1 Å². The van der Waals surface area contributed by atoms with Gasteiger partial charge in [-0.1, -0.05) is 36.1 Å². The Balaban J connectivity index is 1.43. The van der Waals surface area contributed by atoms with Gasteiger partial charge in [-0.15, -0.1) is 21.5 Å². The smallest absolute Gasteiger partial charge is 0.275 e. The zero-order valence-electron chi connectivity index (χ0n) is 14.5. The van der Waals surface area contributed by atoms with Gasteiger partial charge in [-0.05, 0) is 30.7 Å². The molecule has 5 rings (SSSR count). The summed E-state index contributed by atoms with van der Waals surface area (Å²) >= 11 is 4.73.